The third-order valence-electron chi connectivity index (χ3n) is 3.57. The molecule has 1 aliphatic heterocycles. The summed E-state index contributed by atoms with van der Waals surface area (Å²) in [6.07, 6.45) is 3.40. The van der Waals surface area contributed by atoms with E-state index in [0.29, 0.717) is 13.2 Å². The molecule has 0 radical (unpaired) electrons. The minimum Gasteiger partial charge on any atom is -0.377 e. The van der Waals surface area contributed by atoms with Gasteiger partial charge in [-0.2, -0.15) is 5.10 Å². The number of amides is 1. The van der Waals surface area contributed by atoms with Crippen LogP contribution in [0.3, 0.4) is 0 Å². The Labute approximate surface area is 122 Å². The monoisotopic (exact) mass is 290 g/mol. The molecule has 0 unspecified atom stereocenters. The largest absolute Gasteiger partial charge is 0.377 e. The van der Waals surface area contributed by atoms with Gasteiger partial charge in [-0.1, -0.05) is 5.21 Å². The predicted octanol–water partition coefficient (Wildman–Crippen LogP) is -0.152. The fourth-order valence-corrected chi connectivity index (χ4v) is 2.56. The Hall–Kier alpha value is -2.22. The van der Waals surface area contributed by atoms with Gasteiger partial charge < -0.3 is 10.1 Å². The van der Waals surface area contributed by atoms with Crippen molar-refractivity contribution in [1.29, 1.82) is 0 Å². The molecule has 2 aromatic rings. The van der Waals surface area contributed by atoms with Crippen LogP contribution in [0.15, 0.2) is 18.5 Å². The highest BCUT2D eigenvalue weighted by Crippen LogP contribution is 2.18. The van der Waals surface area contributed by atoms with E-state index >= 15 is 0 Å². The third-order valence-corrected chi connectivity index (χ3v) is 3.57. The van der Waals surface area contributed by atoms with Crippen molar-refractivity contribution >= 4 is 5.91 Å². The Morgan fingerprint density at radius 2 is 2.33 bits per heavy atom. The summed E-state index contributed by atoms with van der Waals surface area (Å²) in [6.45, 7) is 5.05. The van der Waals surface area contributed by atoms with Crippen molar-refractivity contribution in [2.75, 3.05) is 13.2 Å². The molecule has 3 rings (SSSR count). The van der Waals surface area contributed by atoms with Crippen molar-refractivity contribution in [2.45, 2.75) is 32.5 Å². The molecule has 1 N–H and O–H groups in total. The van der Waals surface area contributed by atoms with Gasteiger partial charge in [0.1, 0.15) is 6.54 Å². The van der Waals surface area contributed by atoms with Crippen molar-refractivity contribution in [3.05, 3.63) is 29.8 Å². The second-order valence-electron chi connectivity index (χ2n) is 5.25. The molecule has 8 heteroatoms. The highest BCUT2D eigenvalue weighted by atomic mass is 16.5. The Balaban J connectivity index is 1.63. The summed E-state index contributed by atoms with van der Waals surface area (Å²) in [5.74, 6) is -0.0817. The molecule has 0 aromatic carbocycles. The zero-order valence-electron chi connectivity index (χ0n) is 12.1. The normalized spacial score (nSPS) is 21.6. The van der Waals surface area contributed by atoms with Gasteiger partial charge in [0.2, 0.25) is 5.91 Å². The number of hydrogen-bond donors (Lipinski definition) is 1. The maximum Gasteiger partial charge on any atom is 0.242 e. The first-order valence-electron chi connectivity index (χ1n) is 6.87. The van der Waals surface area contributed by atoms with Crippen molar-refractivity contribution < 1.29 is 9.53 Å². The molecule has 8 nitrogen and oxygen atoms in total. The Kier molecular flexibility index (Phi) is 3.70. The van der Waals surface area contributed by atoms with E-state index in [-0.39, 0.29) is 24.5 Å². The highest BCUT2D eigenvalue weighted by Gasteiger charge is 2.31. The fourth-order valence-electron chi connectivity index (χ4n) is 2.56. The quantitative estimate of drug-likeness (QED) is 0.846. The van der Waals surface area contributed by atoms with Crippen molar-refractivity contribution in [1.82, 2.24) is 30.1 Å². The summed E-state index contributed by atoms with van der Waals surface area (Å²) in [5.41, 5.74) is 1.88. The molecular weight excluding hydrogens is 272 g/mol. The maximum absolute atomic E-state index is 12.2. The number of hydrogen-bond acceptors (Lipinski definition) is 5. The van der Waals surface area contributed by atoms with Gasteiger partial charge in [-0.05, 0) is 19.9 Å². The lowest BCUT2D eigenvalue weighted by Crippen LogP contribution is -2.42. The molecule has 1 aliphatic rings. The van der Waals surface area contributed by atoms with Crippen LogP contribution in [0.4, 0.5) is 0 Å². The summed E-state index contributed by atoms with van der Waals surface area (Å²) in [4.78, 5) is 12.2. The summed E-state index contributed by atoms with van der Waals surface area (Å²) in [7, 11) is 0. The molecule has 112 valence electrons. The number of carbonyl (C=O) groups is 1. The maximum atomic E-state index is 12.2. The van der Waals surface area contributed by atoms with Crippen LogP contribution in [0.25, 0.3) is 0 Å². The van der Waals surface area contributed by atoms with E-state index in [0.717, 1.165) is 11.4 Å². The minimum atomic E-state index is -0.101. The van der Waals surface area contributed by atoms with Crippen LogP contribution in [0.1, 0.15) is 17.4 Å². The van der Waals surface area contributed by atoms with E-state index in [9.17, 15) is 4.79 Å². The molecule has 0 saturated carbocycles. The van der Waals surface area contributed by atoms with Crippen LogP contribution >= 0.6 is 0 Å². The lowest BCUT2D eigenvalue weighted by Gasteiger charge is -2.19. The van der Waals surface area contributed by atoms with Crippen LogP contribution in [0.5, 0.6) is 0 Å². The molecule has 0 aliphatic carbocycles. The standard InChI is InChI=1S/C13H18N6O2/c1-9-5-10(2)19(16-9)6-13(20)15-11-7-21-8-12(11)18-4-3-14-17-18/h3-5,11-12H,6-8H2,1-2H3,(H,15,20)/t11-,12+/m0/s1. The average molecular weight is 290 g/mol. The summed E-state index contributed by atoms with van der Waals surface area (Å²) >= 11 is 0. The summed E-state index contributed by atoms with van der Waals surface area (Å²) in [5, 5.41) is 15.0. The molecule has 0 spiro atoms. The van der Waals surface area contributed by atoms with Crippen LogP contribution < -0.4 is 5.32 Å². The molecule has 1 amide bonds. The van der Waals surface area contributed by atoms with E-state index in [2.05, 4.69) is 20.7 Å². The lowest BCUT2D eigenvalue weighted by molar-refractivity contribution is -0.122. The van der Waals surface area contributed by atoms with Crippen molar-refractivity contribution in [2.24, 2.45) is 0 Å². The van der Waals surface area contributed by atoms with Gasteiger partial charge in [0, 0.05) is 11.9 Å². The fraction of sp³-hybridized carbons (Fsp3) is 0.538. The lowest BCUT2D eigenvalue weighted by atomic mass is 10.2. The second kappa shape index (κ2) is 5.65. The van der Waals surface area contributed by atoms with E-state index in [1.54, 1.807) is 21.8 Å². The van der Waals surface area contributed by atoms with Gasteiger partial charge in [0.05, 0.1) is 37.2 Å². The molecule has 1 fully saturated rings. The number of aromatic nitrogens is 5. The Morgan fingerprint density at radius 1 is 1.48 bits per heavy atom. The van der Waals surface area contributed by atoms with Crippen LogP contribution in [0.2, 0.25) is 0 Å². The number of nitrogens with zero attached hydrogens (tertiary/aromatic N) is 5. The van der Waals surface area contributed by atoms with Gasteiger partial charge in [0.25, 0.3) is 0 Å². The molecule has 0 bridgehead atoms. The minimum absolute atomic E-state index is 0.0168. The first kappa shape index (κ1) is 13.7. The number of carbonyl (C=O) groups excluding carboxylic acids is 1. The summed E-state index contributed by atoms with van der Waals surface area (Å²) in [6, 6.07) is 1.83. The summed E-state index contributed by atoms with van der Waals surface area (Å²) < 4.78 is 8.87. The zero-order chi connectivity index (χ0) is 14.8. The smallest absolute Gasteiger partial charge is 0.242 e. The predicted molar refractivity (Wildman–Crippen MR) is 73.5 cm³/mol. The Bertz CT molecular complexity index is 621. The van der Waals surface area contributed by atoms with Crippen LogP contribution in [-0.4, -0.2) is 49.9 Å². The molecule has 3 heterocycles. The van der Waals surface area contributed by atoms with Gasteiger partial charge in [-0.15, -0.1) is 5.10 Å². The van der Waals surface area contributed by atoms with E-state index in [1.807, 2.05) is 19.9 Å². The average Bonchev–Trinajstić information content (AvgIpc) is 3.11. The van der Waals surface area contributed by atoms with Gasteiger partial charge in [0.15, 0.2) is 0 Å². The van der Waals surface area contributed by atoms with E-state index < -0.39 is 0 Å². The number of aryl methyl sites for hydroxylation is 2. The highest BCUT2D eigenvalue weighted by molar-refractivity contribution is 5.76. The second-order valence-corrected chi connectivity index (χ2v) is 5.25. The van der Waals surface area contributed by atoms with Gasteiger partial charge in [-0.25, -0.2) is 4.68 Å². The molecule has 21 heavy (non-hydrogen) atoms. The number of ether oxygens (including phenoxy) is 1. The van der Waals surface area contributed by atoms with Crippen LogP contribution in [0, 0.1) is 13.8 Å². The van der Waals surface area contributed by atoms with E-state index in [1.165, 1.54) is 0 Å². The SMILES string of the molecule is Cc1cc(C)n(CC(=O)N[C@H]2COC[C@H]2n2ccnn2)n1. The first-order valence-corrected chi connectivity index (χ1v) is 6.87. The van der Waals surface area contributed by atoms with Gasteiger partial charge in [-0.3, -0.25) is 9.48 Å². The van der Waals surface area contributed by atoms with Crippen molar-refractivity contribution in [3.63, 3.8) is 0 Å². The van der Waals surface area contributed by atoms with Gasteiger partial charge >= 0.3 is 0 Å². The molecule has 2 aromatic heterocycles. The first-order chi connectivity index (χ1) is 10.1. The third kappa shape index (κ3) is 2.94. The van der Waals surface area contributed by atoms with Crippen LogP contribution in [-0.2, 0) is 16.1 Å². The number of rotatable bonds is 4. The zero-order valence-corrected chi connectivity index (χ0v) is 12.1. The Morgan fingerprint density at radius 3 is 3.00 bits per heavy atom. The topological polar surface area (TPSA) is 86.9 Å². The molecular formula is C13H18N6O2. The number of nitrogens with one attached hydrogen (secondary N) is 1. The molecule has 1 saturated heterocycles. The van der Waals surface area contributed by atoms with E-state index in [4.69, 9.17) is 4.74 Å². The van der Waals surface area contributed by atoms with Crippen molar-refractivity contribution in [3.8, 4) is 0 Å². The molecule has 2 atom stereocenters.